The van der Waals surface area contributed by atoms with E-state index in [1.54, 1.807) is 10.6 Å². The predicted octanol–water partition coefficient (Wildman–Crippen LogP) is 3.01. The largest absolute Gasteiger partial charge is 0.376 e. The van der Waals surface area contributed by atoms with E-state index in [1.165, 1.54) is 11.8 Å². The molecule has 0 radical (unpaired) electrons. The molecule has 1 aliphatic heterocycles. The molecule has 1 atom stereocenters. The lowest BCUT2D eigenvalue weighted by Crippen LogP contribution is -2.49. The van der Waals surface area contributed by atoms with E-state index in [-0.39, 0.29) is 23.3 Å². The summed E-state index contributed by atoms with van der Waals surface area (Å²) in [6.07, 6.45) is 6.28. The summed E-state index contributed by atoms with van der Waals surface area (Å²) in [6.45, 7) is 1.14. The summed E-state index contributed by atoms with van der Waals surface area (Å²) < 4.78 is 7.36. The Kier molecular flexibility index (Phi) is 6.40. The Hall–Kier alpha value is -2.37. The van der Waals surface area contributed by atoms with Gasteiger partial charge in [-0.3, -0.25) is 14.2 Å². The highest BCUT2D eigenvalue weighted by molar-refractivity contribution is 7.99. The van der Waals surface area contributed by atoms with Gasteiger partial charge in [0.25, 0.3) is 5.56 Å². The molecular formula is C22H26N4O3S. The first kappa shape index (κ1) is 20.9. The number of rotatable bonds is 6. The molecule has 1 saturated heterocycles. The second-order valence-corrected chi connectivity index (χ2v) is 9.00. The Bertz CT molecular complexity index is 1020. The Morgan fingerprint density at radius 1 is 1.30 bits per heavy atom. The van der Waals surface area contributed by atoms with Crippen LogP contribution < -0.4 is 10.9 Å². The smallest absolute Gasteiger partial charge is 0.262 e. The van der Waals surface area contributed by atoms with Crippen LogP contribution >= 0.6 is 11.8 Å². The minimum atomic E-state index is -0.760. The third kappa shape index (κ3) is 4.52. The number of carbonyl (C=O) groups excluding carboxylic acids is 1. The highest BCUT2D eigenvalue weighted by Crippen LogP contribution is 2.28. The van der Waals surface area contributed by atoms with Crippen LogP contribution in [0.5, 0.6) is 0 Å². The molecule has 2 fully saturated rings. The van der Waals surface area contributed by atoms with Crippen LogP contribution in [-0.4, -0.2) is 39.5 Å². The number of amides is 1. The van der Waals surface area contributed by atoms with Crippen molar-refractivity contribution in [3.8, 4) is 6.07 Å². The number of benzene rings is 1. The number of fused-ring (bicyclic) bond motifs is 1. The van der Waals surface area contributed by atoms with Crippen LogP contribution in [-0.2, 0) is 16.1 Å². The molecule has 1 amide bonds. The summed E-state index contributed by atoms with van der Waals surface area (Å²) in [7, 11) is 0. The van der Waals surface area contributed by atoms with Crippen LogP contribution in [0.3, 0.4) is 0 Å². The molecule has 2 aromatic rings. The standard InChI is InChI=1S/C22H26N4O3S/c23-15-22(10-4-1-5-11-22)25-19(27)14-30-21-24-18-9-3-2-8-17(18)20(28)26(21)13-16-7-6-12-29-16/h2-3,8-9,16H,1,4-7,10-14H2,(H,25,27). The number of hydrogen-bond donors (Lipinski definition) is 1. The molecule has 2 aliphatic rings. The van der Waals surface area contributed by atoms with E-state index in [9.17, 15) is 14.9 Å². The quantitative estimate of drug-likeness (QED) is 0.563. The van der Waals surface area contributed by atoms with E-state index in [0.717, 1.165) is 32.1 Å². The first-order valence-corrected chi connectivity index (χ1v) is 11.5. The normalized spacial score (nSPS) is 20.7. The Morgan fingerprint density at radius 3 is 2.83 bits per heavy atom. The molecule has 8 heteroatoms. The van der Waals surface area contributed by atoms with Gasteiger partial charge < -0.3 is 10.1 Å². The van der Waals surface area contributed by atoms with Gasteiger partial charge >= 0.3 is 0 Å². The van der Waals surface area contributed by atoms with Crippen molar-refractivity contribution in [1.29, 1.82) is 5.26 Å². The zero-order valence-corrected chi connectivity index (χ0v) is 17.7. The molecule has 4 rings (SSSR count). The van der Waals surface area contributed by atoms with Crippen LogP contribution in [0.15, 0.2) is 34.2 Å². The Labute approximate surface area is 179 Å². The third-order valence-electron chi connectivity index (χ3n) is 5.87. The maximum Gasteiger partial charge on any atom is 0.262 e. The average molecular weight is 427 g/mol. The number of carbonyl (C=O) groups is 1. The maximum atomic E-state index is 13.1. The molecule has 30 heavy (non-hydrogen) atoms. The Balaban J connectivity index is 1.54. The van der Waals surface area contributed by atoms with Crippen molar-refractivity contribution >= 4 is 28.6 Å². The number of nitrogens with one attached hydrogen (secondary N) is 1. The summed E-state index contributed by atoms with van der Waals surface area (Å²) in [4.78, 5) is 30.4. The molecule has 7 nitrogen and oxygen atoms in total. The second kappa shape index (κ2) is 9.19. The van der Waals surface area contributed by atoms with Gasteiger partial charge in [0.2, 0.25) is 5.91 Å². The van der Waals surface area contributed by atoms with Crippen LogP contribution in [0.25, 0.3) is 10.9 Å². The van der Waals surface area contributed by atoms with Gasteiger partial charge in [0.1, 0.15) is 5.54 Å². The third-order valence-corrected chi connectivity index (χ3v) is 6.85. The predicted molar refractivity (Wildman–Crippen MR) is 115 cm³/mol. The highest BCUT2D eigenvalue weighted by Gasteiger charge is 2.33. The molecule has 1 aliphatic carbocycles. The number of thioether (sulfide) groups is 1. The van der Waals surface area contributed by atoms with Gasteiger partial charge in [-0.1, -0.05) is 43.2 Å². The van der Waals surface area contributed by atoms with E-state index in [4.69, 9.17) is 4.74 Å². The van der Waals surface area contributed by atoms with Crippen molar-refractivity contribution in [2.75, 3.05) is 12.4 Å². The fourth-order valence-corrected chi connectivity index (χ4v) is 5.07. The number of nitriles is 1. The van der Waals surface area contributed by atoms with Crippen molar-refractivity contribution in [2.24, 2.45) is 0 Å². The van der Waals surface area contributed by atoms with Gasteiger partial charge in [-0.15, -0.1) is 0 Å². The van der Waals surface area contributed by atoms with E-state index in [2.05, 4.69) is 16.4 Å². The zero-order chi connectivity index (χ0) is 21.0. The lowest BCUT2D eigenvalue weighted by Gasteiger charge is -2.31. The number of para-hydroxylation sites is 1. The Morgan fingerprint density at radius 2 is 2.10 bits per heavy atom. The molecule has 1 aromatic heterocycles. The van der Waals surface area contributed by atoms with Crippen LogP contribution in [0.4, 0.5) is 0 Å². The highest BCUT2D eigenvalue weighted by atomic mass is 32.2. The maximum absolute atomic E-state index is 13.1. The first-order valence-electron chi connectivity index (χ1n) is 10.6. The number of nitrogens with zero attached hydrogens (tertiary/aromatic N) is 3. The molecule has 158 valence electrons. The molecule has 1 aromatic carbocycles. The van der Waals surface area contributed by atoms with E-state index >= 15 is 0 Å². The van der Waals surface area contributed by atoms with Crippen molar-refractivity contribution in [3.05, 3.63) is 34.6 Å². The first-order chi connectivity index (χ1) is 14.6. The van der Waals surface area contributed by atoms with Crippen molar-refractivity contribution in [2.45, 2.75) is 68.3 Å². The molecule has 0 spiro atoms. The van der Waals surface area contributed by atoms with Gasteiger partial charge in [0.05, 0.1) is 35.4 Å². The topological polar surface area (TPSA) is 97.0 Å². The van der Waals surface area contributed by atoms with Gasteiger partial charge in [0, 0.05) is 6.61 Å². The zero-order valence-electron chi connectivity index (χ0n) is 16.9. The number of ether oxygens (including phenoxy) is 1. The molecule has 2 heterocycles. The van der Waals surface area contributed by atoms with Gasteiger partial charge in [0.15, 0.2) is 5.16 Å². The van der Waals surface area contributed by atoms with Gasteiger partial charge in [-0.25, -0.2) is 4.98 Å². The summed E-state index contributed by atoms with van der Waals surface area (Å²) in [5, 5.41) is 13.6. The van der Waals surface area contributed by atoms with Crippen molar-refractivity contribution in [1.82, 2.24) is 14.9 Å². The minimum absolute atomic E-state index is 0.0112. The van der Waals surface area contributed by atoms with E-state index < -0.39 is 5.54 Å². The summed E-state index contributed by atoms with van der Waals surface area (Å²) in [5.74, 6) is -0.0887. The minimum Gasteiger partial charge on any atom is -0.376 e. The molecule has 1 unspecified atom stereocenters. The molecular weight excluding hydrogens is 400 g/mol. The number of hydrogen-bond acceptors (Lipinski definition) is 6. The van der Waals surface area contributed by atoms with Crippen molar-refractivity contribution < 1.29 is 9.53 Å². The monoisotopic (exact) mass is 426 g/mol. The summed E-state index contributed by atoms with van der Waals surface area (Å²) >= 11 is 1.24. The molecule has 0 bridgehead atoms. The van der Waals surface area contributed by atoms with Gasteiger partial charge in [-0.2, -0.15) is 5.26 Å². The second-order valence-electron chi connectivity index (χ2n) is 8.05. The van der Waals surface area contributed by atoms with E-state index in [1.807, 2.05) is 18.2 Å². The lowest BCUT2D eigenvalue weighted by molar-refractivity contribution is -0.120. The fraction of sp³-hybridized carbons (Fsp3) is 0.545. The summed E-state index contributed by atoms with van der Waals surface area (Å²) in [6, 6.07) is 9.57. The van der Waals surface area contributed by atoms with Crippen LogP contribution in [0.2, 0.25) is 0 Å². The van der Waals surface area contributed by atoms with Crippen LogP contribution in [0.1, 0.15) is 44.9 Å². The summed E-state index contributed by atoms with van der Waals surface area (Å²) in [5.41, 5.74) is -0.251. The van der Waals surface area contributed by atoms with Gasteiger partial charge in [-0.05, 0) is 37.8 Å². The van der Waals surface area contributed by atoms with Crippen LogP contribution in [0, 0.1) is 11.3 Å². The molecule has 1 saturated carbocycles. The lowest BCUT2D eigenvalue weighted by atomic mass is 9.83. The average Bonchev–Trinajstić information content (AvgIpc) is 3.28. The molecule has 1 N–H and O–H groups in total. The SMILES string of the molecule is N#CC1(NC(=O)CSc2nc3ccccc3c(=O)n2CC2CCCO2)CCCCC1. The van der Waals surface area contributed by atoms with E-state index in [0.29, 0.717) is 42.1 Å². The number of aromatic nitrogens is 2. The van der Waals surface area contributed by atoms with Crippen molar-refractivity contribution in [3.63, 3.8) is 0 Å². The fourth-order valence-electron chi connectivity index (χ4n) is 4.26.